The molecule has 2 saturated carbocycles. The Balaban J connectivity index is 1.89. The van der Waals surface area contributed by atoms with Gasteiger partial charge in [-0.2, -0.15) is 0 Å². The van der Waals surface area contributed by atoms with Gasteiger partial charge in [0.1, 0.15) is 18.5 Å². The molecule has 0 aromatic rings. The van der Waals surface area contributed by atoms with Crippen LogP contribution in [0.2, 0.25) is 0 Å². The molecule has 8 unspecified atom stereocenters. The van der Waals surface area contributed by atoms with Crippen molar-refractivity contribution in [2.75, 3.05) is 7.11 Å². The van der Waals surface area contributed by atoms with Crippen molar-refractivity contribution in [2.45, 2.75) is 89.8 Å². The first-order chi connectivity index (χ1) is 11.0. The van der Waals surface area contributed by atoms with Gasteiger partial charge in [0.25, 0.3) is 0 Å². The predicted molar refractivity (Wildman–Crippen MR) is 87.7 cm³/mol. The number of hydrogen-bond donors (Lipinski definition) is 0. The zero-order chi connectivity index (χ0) is 17.0. The number of hydrogen-bond acceptors (Lipinski definition) is 1. The largest absolute Gasteiger partial charge is 0.378 e. The molecule has 8 atom stereocenters. The Hall–Kier alpha value is -0.250. The average molecular weight is 334 g/mol. The van der Waals surface area contributed by atoms with E-state index in [1.54, 1.807) is 0 Å². The summed E-state index contributed by atoms with van der Waals surface area (Å²) in [5.41, 5.74) is 0. The van der Waals surface area contributed by atoms with Crippen LogP contribution in [0.1, 0.15) is 65.2 Å². The van der Waals surface area contributed by atoms with Gasteiger partial charge in [0.15, 0.2) is 0 Å². The summed E-state index contributed by atoms with van der Waals surface area (Å²) in [6.45, 7) is 4.40. The minimum absolute atomic E-state index is 0.0172. The normalized spacial score (nSPS) is 42.3. The molecule has 2 fully saturated rings. The SMILES string of the molecule is CCCC(C)CCCC1CC2CCC(OC)C(F)C2C(F)C1F. The van der Waals surface area contributed by atoms with Crippen LogP contribution in [0, 0.1) is 23.7 Å². The van der Waals surface area contributed by atoms with Gasteiger partial charge in [-0.1, -0.05) is 39.5 Å². The van der Waals surface area contributed by atoms with E-state index in [0.29, 0.717) is 18.8 Å². The van der Waals surface area contributed by atoms with Crippen molar-refractivity contribution >= 4 is 0 Å². The standard InChI is InChI=1S/C19H33F3O/c1-4-6-12(2)7-5-8-14-11-13-9-10-15(23-3)18(21)16(13)19(22)17(14)20/h12-19H,4-11H2,1-3H3. The maximum absolute atomic E-state index is 14.6. The lowest BCUT2D eigenvalue weighted by atomic mass is 9.63. The molecule has 0 saturated heterocycles. The van der Waals surface area contributed by atoms with Crippen molar-refractivity contribution in [1.29, 1.82) is 0 Å². The van der Waals surface area contributed by atoms with E-state index >= 15 is 0 Å². The smallest absolute Gasteiger partial charge is 0.137 e. The molecule has 0 spiro atoms. The van der Waals surface area contributed by atoms with Crippen LogP contribution < -0.4 is 0 Å². The summed E-state index contributed by atoms with van der Waals surface area (Å²) in [6, 6.07) is 0. The first kappa shape index (κ1) is 19.1. The Labute approximate surface area is 139 Å². The van der Waals surface area contributed by atoms with E-state index in [2.05, 4.69) is 13.8 Å². The molecule has 0 aliphatic heterocycles. The van der Waals surface area contributed by atoms with Crippen LogP contribution in [-0.2, 0) is 4.74 Å². The van der Waals surface area contributed by atoms with Gasteiger partial charge in [-0.05, 0) is 43.4 Å². The van der Waals surface area contributed by atoms with Gasteiger partial charge >= 0.3 is 0 Å². The van der Waals surface area contributed by atoms with E-state index in [0.717, 1.165) is 25.7 Å². The van der Waals surface area contributed by atoms with Gasteiger partial charge in [0.05, 0.1) is 6.10 Å². The quantitative estimate of drug-likeness (QED) is 0.583. The molecule has 23 heavy (non-hydrogen) atoms. The highest BCUT2D eigenvalue weighted by Gasteiger charge is 2.52. The fourth-order valence-electron chi connectivity index (χ4n) is 4.83. The molecule has 1 nitrogen and oxygen atoms in total. The van der Waals surface area contributed by atoms with Gasteiger partial charge < -0.3 is 4.74 Å². The molecule has 0 aromatic heterocycles. The molecule has 2 aliphatic carbocycles. The van der Waals surface area contributed by atoms with Crippen LogP contribution >= 0.6 is 0 Å². The fourth-order valence-corrected chi connectivity index (χ4v) is 4.83. The van der Waals surface area contributed by atoms with E-state index in [4.69, 9.17) is 4.74 Å². The van der Waals surface area contributed by atoms with E-state index in [1.165, 1.54) is 20.0 Å². The highest BCUT2D eigenvalue weighted by atomic mass is 19.2. The van der Waals surface area contributed by atoms with Crippen molar-refractivity contribution in [2.24, 2.45) is 23.7 Å². The average Bonchev–Trinajstić information content (AvgIpc) is 2.52. The Morgan fingerprint density at radius 1 is 1.04 bits per heavy atom. The van der Waals surface area contributed by atoms with Crippen LogP contribution in [0.25, 0.3) is 0 Å². The lowest BCUT2D eigenvalue weighted by Gasteiger charge is -2.47. The molecule has 0 bridgehead atoms. The molecule has 0 aromatic carbocycles. The molecule has 136 valence electrons. The highest BCUT2D eigenvalue weighted by Crippen LogP contribution is 2.48. The van der Waals surface area contributed by atoms with Crippen LogP contribution in [-0.4, -0.2) is 31.7 Å². The molecule has 0 heterocycles. The van der Waals surface area contributed by atoms with Crippen molar-refractivity contribution in [1.82, 2.24) is 0 Å². The Kier molecular flexibility index (Phi) is 7.24. The van der Waals surface area contributed by atoms with Gasteiger partial charge in [-0.3, -0.25) is 0 Å². The summed E-state index contributed by atoms with van der Waals surface area (Å²) in [6.07, 6.45) is 2.08. The van der Waals surface area contributed by atoms with Crippen molar-refractivity contribution in [3.8, 4) is 0 Å². The van der Waals surface area contributed by atoms with Gasteiger partial charge in [-0.15, -0.1) is 0 Å². The number of methoxy groups -OCH3 is 1. The third kappa shape index (κ3) is 4.43. The van der Waals surface area contributed by atoms with E-state index in [9.17, 15) is 13.2 Å². The molecule has 2 aliphatic rings. The van der Waals surface area contributed by atoms with Crippen molar-refractivity contribution in [3.63, 3.8) is 0 Å². The van der Waals surface area contributed by atoms with Crippen LogP contribution in [0.15, 0.2) is 0 Å². The van der Waals surface area contributed by atoms with E-state index in [-0.39, 0.29) is 11.8 Å². The predicted octanol–water partition coefficient (Wildman–Crippen LogP) is 5.67. The fraction of sp³-hybridized carbons (Fsp3) is 1.00. The van der Waals surface area contributed by atoms with Gasteiger partial charge in [0, 0.05) is 13.0 Å². The maximum atomic E-state index is 14.6. The summed E-state index contributed by atoms with van der Waals surface area (Å²) >= 11 is 0. The summed E-state index contributed by atoms with van der Waals surface area (Å²) in [4.78, 5) is 0. The van der Waals surface area contributed by atoms with Crippen molar-refractivity contribution in [3.05, 3.63) is 0 Å². The van der Waals surface area contributed by atoms with E-state index in [1.807, 2.05) is 0 Å². The highest BCUT2D eigenvalue weighted by molar-refractivity contribution is 5.00. The third-order valence-corrected chi connectivity index (χ3v) is 6.17. The lowest BCUT2D eigenvalue weighted by molar-refractivity contribution is -0.115. The Morgan fingerprint density at radius 3 is 2.43 bits per heavy atom. The van der Waals surface area contributed by atoms with Crippen molar-refractivity contribution < 1.29 is 17.9 Å². The second kappa shape index (κ2) is 8.73. The third-order valence-electron chi connectivity index (χ3n) is 6.17. The minimum atomic E-state index is -1.67. The Morgan fingerprint density at radius 2 is 1.78 bits per heavy atom. The maximum Gasteiger partial charge on any atom is 0.137 e. The molecule has 4 heteroatoms. The summed E-state index contributed by atoms with van der Waals surface area (Å²) in [7, 11) is 1.46. The lowest BCUT2D eigenvalue weighted by Crippen LogP contribution is -2.53. The minimum Gasteiger partial charge on any atom is -0.378 e. The van der Waals surface area contributed by atoms with Gasteiger partial charge in [0.2, 0.25) is 0 Å². The first-order valence-electron chi connectivity index (χ1n) is 9.44. The summed E-state index contributed by atoms with van der Waals surface area (Å²) in [5, 5.41) is 0. The van der Waals surface area contributed by atoms with Gasteiger partial charge in [-0.25, -0.2) is 13.2 Å². The zero-order valence-corrected chi connectivity index (χ0v) is 14.8. The number of fused-ring (bicyclic) bond motifs is 1. The second-order valence-electron chi connectivity index (χ2n) is 7.84. The molecule has 0 N–H and O–H groups in total. The monoisotopic (exact) mass is 334 g/mol. The molecular weight excluding hydrogens is 301 g/mol. The van der Waals surface area contributed by atoms with Crippen LogP contribution in [0.4, 0.5) is 13.2 Å². The van der Waals surface area contributed by atoms with E-state index < -0.39 is 30.5 Å². The summed E-state index contributed by atoms with van der Waals surface area (Å²) < 4.78 is 48.6. The Bertz CT molecular complexity index is 350. The number of halogens is 3. The first-order valence-corrected chi connectivity index (χ1v) is 9.44. The topological polar surface area (TPSA) is 9.23 Å². The molecule has 0 amide bonds. The number of alkyl halides is 3. The van der Waals surface area contributed by atoms with Crippen LogP contribution in [0.3, 0.4) is 0 Å². The van der Waals surface area contributed by atoms with Crippen LogP contribution in [0.5, 0.6) is 0 Å². The molecule has 2 rings (SSSR count). The zero-order valence-electron chi connectivity index (χ0n) is 14.8. The number of ether oxygens (including phenoxy) is 1. The molecule has 0 radical (unpaired) electrons. The second-order valence-corrected chi connectivity index (χ2v) is 7.84. The molecular formula is C19H33F3O. The number of rotatable bonds is 7. The summed E-state index contributed by atoms with van der Waals surface area (Å²) in [5.74, 6) is -0.398.